The van der Waals surface area contributed by atoms with Crippen LogP contribution >= 0.6 is 0 Å². The molecule has 0 saturated heterocycles. The van der Waals surface area contributed by atoms with Crippen LogP contribution in [0.2, 0.25) is 0 Å². The average molecular weight is 317 g/mol. The lowest BCUT2D eigenvalue weighted by atomic mass is 10.1. The van der Waals surface area contributed by atoms with Crippen molar-refractivity contribution in [3.05, 3.63) is 42.5 Å². The molecule has 0 aliphatic carbocycles. The van der Waals surface area contributed by atoms with Crippen molar-refractivity contribution >= 4 is 17.6 Å². The number of nitrogens with one attached hydrogen (secondary N) is 2. The van der Waals surface area contributed by atoms with Gasteiger partial charge in [-0.3, -0.25) is 9.48 Å². The zero-order chi connectivity index (χ0) is 16.8. The molecule has 23 heavy (non-hydrogen) atoms. The fraction of sp³-hybridized carbons (Fsp3) is 0.286. The summed E-state index contributed by atoms with van der Waals surface area (Å²) in [6.07, 6.45) is 2.88. The number of nitrogens with two attached hydrogens (primary N) is 2. The molecule has 122 valence electrons. The fourth-order valence-corrected chi connectivity index (χ4v) is 2.01. The Hall–Kier alpha value is -2.94. The van der Waals surface area contributed by atoms with Crippen LogP contribution in [-0.2, 0) is 11.3 Å². The van der Waals surface area contributed by atoms with E-state index < -0.39 is 12.1 Å². The van der Waals surface area contributed by atoms with Gasteiger partial charge in [0.2, 0.25) is 5.91 Å². The van der Waals surface area contributed by atoms with E-state index in [0.29, 0.717) is 5.69 Å². The number of anilines is 1. The SMILES string of the molecule is CC(NC(=O)C(N)Cn1cncn1)c1ccc(NC(N)=O)cc1. The van der Waals surface area contributed by atoms with Gasteiger partial charge in [-0.15, -0.1) is 0 Å². The van der Waals surface area contributed by atoms with Gasteiger partial charge in [-0.05, 0) is 24.6 Å². The Balaban J connectivity index is 1.91. The minimum atomic E-state index is -0.727. The zero-order valence-electron chi connectivity index (χ0n) is 12.6. The summed E-state index contributed by atoms with van der Waals surface area (Å²) in [6, 6.07) is 5.41. The first-order valence-corrected chi connectivity index (χ1v) is 7.00. The van der Waals surface area contributed by atoms with Gasteiger partial charge in [0, 0.05) is 5.69 Å². The zero-order valence-corrected chi connectivity index (χ0v) is 12.6. The van der Waals surface area contributed by atoms with E-state index in [0.717, 1.165) is 5.56 Å². The maximum Gasteiger partial charge on any atom is 0.316 e. The predicted octanol–water partition coefficient (Wildman–Crippen LogP) is -0.0266. The highest BCUT2D eigenvalue weighted by atomic mass is 16.2. The van der Waals surface area contributed by atoms with Gasteiger partial charge in [0.15, 0.2) is 0 Å². The molecule has 1 heterocycles. The Labute approximate surface area is 133 Å². The summed E-state index contributed by atoms with van der Waals surface area (Å²) in [6.45, 7) is 2.09. The number of hydrogen-bond donors (Lipinski definition) is 4. The van der Waals surface area contributed by atoms with E-state index in [4.69, 9.17) is 11.5 Å². The van der Waals surface area contributed by atoms with Crippen LogP contribution in [0.5, 0.6) is 0 Å². The third-order valence-electron chi connectivity index (χ3n) is 3.22. The highest BCUT2D eigenvalue weighted by Gasteiger charge is 2.17. The second kappa shape index (κ2) is 7.36. The standard InChI is InChI=1S/C14H19N7O2/c1-9(10-2-4-11(5-3-10)20-14(16)23)19-13(22)12(15)6-21-8-17-7-18-21/h2-5,7-9,12H,6,15H2,1H3,(H,19,22)(H3,16,20,23). The van der Waals surface area contributed by atoms with Gasteiger partial charge in [-0.25, -0.2) is 9.78 Å². The van der Waals surface area contributed by atoms with Crippen LogP contribution in [0.15, 0.2) is 36.9 Å². The van der Waals surface area contributed by atoms with Crippen molar-refractivity contribution < 1.29 is 9.59 Å². The van der Waals surface area contributed by atoms with Crippen LogP contribution in [0, 0.1) is 0 Å². The maximum atomic E-state index is 12.1. The van der Waals surface area contributed by atoms with E-state index in [1.165, 1.54) is 17.3 Å². The summed E-state index contributed by atoms with van der Waals surface area (Å²) in [5.41, 5.74) is 12.4. The van der Waals surface area contributed by atoms with Crippen molar-refractivity contribution in [1.29, 1.82) is 0 Å². The van der Waals surface area contributed by atoms with Crippen LogP contribution in [-0.4, -0.2) is 32.7 Å². The van der Waals surface area contributed by atoms with Gasteiger partial charge in [-0.1, -0.05) is 12.1 Å². The molecule has 2 rings (SSSR count). The number of carbonyl (C=O) groups excluding carboxylic acids is 2. The first-order valence-electron chi connectivity index (χ1n) is 7.00. The van der Waals surface area contributed by atoms with Gasteiger partial charge in [-0.2, -0.15) is 5.10 Å². The number of benzene rings is 1. The lowest BCUT2D eigenvalue weighted by Gasteiger charge is -2.18. The average Bonchev–Trinajstić information content (AvgIpc) is 3.00. The predicted molar refractivity (Wildman–Crippen MR) is 84.2 cm³/mol. The summed E-state index contributed by atoms with van der Waals surface area (Å²) in [4.78, 5) is 26.7. The van der Waals surface area contributed by atoms with Crippen LogP contribution in [0.1, 0.15) is 18.5 Å². The van der Waals surface area contributed by atoms with Gasteiger partial charge in [0.25, 0.3) is 0 Å². The fourth-order valence-electron chi connectivity index (χ4n) is 2.01. The molecule has 0 radical (unpaired) electrons. The molecule has 9 nitrogen and oxygen atoms in total. The third kappa shape index (κ3) is 4.78. The topological polar surface area (TPSA) is 141 Å². The van der Waals surface area contributed by atoms with Crippen molar-refractivity contribution in [2.45, 2.75) is 25.6 Å². The van der Waals surface area contributed by atoms with E-state index in [1.807, 2.05) is 6.92 Å². The van der Waals surface area contributed by atoms with E-state index in [2.05, 4.69) is 20.7 Å². The normalized spacial score (nSPS) is 13.1. The van der Waals surface area contributed by atoms with Crippen molar-refractivity contribution in [2.75, 3.05) is 5.32 Å². The lowest BCUT2D eigenvalue weighted by Crippen LogP contribution is -2.44. The number of nitrogens with zero attached hydrogens (tertiary/aromatic N) is 3. The second-order valence-electron chi connectivity index (χ2n) is 5.07. The number of hydrogen-bond acceptors (Lipinski definition) is 5. The summed E-state index contributed by atoms with van der Waals surface area (Å²) in [7, 11) is 0. The van der Waals surface area contributed by atoms with Crippen molar-refractivity contribution in [1.82, 2.24) is 20.1 Å². The second-order valence-corrected chi connectivity index (χ2v) is 5.07. The van der Waals surface area contributed by atoms with Gasteiger partial charge >= 0.3 is 6.03 Å². The number of aromatic nitrogens is 3. The minimum absolute atomic E-state index is 0.230. The molecule has 0 aliphatic rings. The molecule has 0 fully saturated rings. The van der Waals surface area contributed by atoms with E-state index in [9.17, 15) is 9.59 Å². The molecule has 2 aromatic rings. The first-order chi connectivity index (χ1) is 11.0. The number of primary amides is 1. The first kappa shape index (κ1) is 16.4. The Morgan fingerprint density at radius 3 is 2.57 bits per heavy atom. The summed E-state index contributed by atoms with van der Waals surface area (Å²) < 4.78 is 1.50. The molecular formula is C14H19N7O2. The quantitative estimate of drug-likeness (QED) is 0.592. The van der Waals surface area contributed by atoms with Crippen LogP contribution in [0.3, 0.4) is 0 Å². The van der Waals surface area contributed by atoms with Crippen LogP contribution < -0.4 is 22.1 Å². The highest BCUT2D eigenvalue weighted by molar-refractivity contribution is 5.87. The Morgan fingerprint density at radius 2 is 2.00 bits per heavy atom. The Morgan fingerprint density at radius 1 is 1.30 bits per heavy atom. The Bertz CT molecular complexity index is 654. The van der Waals surface area contributed by atoms with Gasteiger partial charge in [0.05, 0.1) is 12.6 Å². The van der Waals surface area contributed by atoms with Crippen LogP contribution in [0.25, 0.3) is 0 Å². The number of rotatable bonds is 6. The number of carbonyl (C=O) groups is 2. The molecule has 0 saturated carbocycles. The lowest BCUT2D eigenvalue weighted by molar-refractivity contribution is -0.123. The smallest absolute Gasteiger partial charge is 0.316 e. The van der Waals surface area contributed by atoms with Crippen molar-refractivity contribution in [3.8, 4) is 0 Å². The van der Waals surface area contributed by atoms with Crippen molar-refractivity contribution in [3.63, 3.8) is 0 Å². The van der Waals surface area contributed by atoms with Gasteiger partial charge in [0.1, 0.15) is 18.7 Å². The van der Waals surface area contributed by atoms with E-state index in [1.54, 1.807) is 24.3 Å². The number of amides is 3. The summed E-state index contributed by atoms with van der Waals surface area (Å²) in [5.74, 6) is -0.285. The monoisotopic (exact) mass is 317 g/mol. The molecule has 3 amide bonds. The third-order valence-corrected chi connectivity index (χ3v) is 3.22. The molecule has 2 atom stereocenters. The molecule has 6 N–H and O–H groups in total. The summed E-state index contributed by atoms with van der Waals surface area (Å²) in [5, 5.41) is 9.21. The van der Waals surface area contributed by atoms with Crippen molar-refractivity contribution in [2.24, 2.45) is 11.5 Å². The minimum Gasteiger partial charge on any atom is -0.351 e. The largest absolute Gasteiger partial charge is 0.351 e. The highest BCUT2D eigenvalue weighted by Crippen LogP contribution is 2.16. The van der Waals surface area contributed by atoms with Gasteiger partial charge < -0.3 is 22.1 Å². The summed E-state index contributed by atoms with van der Waals surface area (Å²) >= 11 is 0. The molecule has 0 bridgehead atoms. The molecule has 1 aromatic carbocycles. The molecule has 0 aliphatic heterocycles. The van der Waals surface area contributed by atoms with Crippen LogP contribution in [0.4, 0.5) is 10.5 Å². The molecule has 9 heteroatoms. The Kier molecular flexibility index (Phi) is 5.26. The molecule has 2 unspecified atom stereocenters. The van der Waals surface area contributed by atoms with E-state index in [-0.39, 0.29) is 18.5 Å². The van der Waals surface area contributed by atoms with E-state index >= 15 is 0 Å². The molecule has 1 aromatic heterocycles. The maximum absolute atomic E-state index is 12.1. The molecule has 0 spiro atoms. The molecular weight excluding hydrogens is 298 g/mol. The number of urea groups is 1.